The first-order valence-corrected chi connectivity index (χ1v) is 8.14. The van der Waals surface area contributed by atoms with Crippen LogP contribution in [0.3, 0.4) is 0 Å². The van der Waals surface area contributed by atoms with Crippen LogP contribution in [0.1, 0.15) is 46.5 Å². The molecule has 0 aliphatic carbocycles. The molecule has 1 heterocycles. The van der Waals surface area contributed by atoms with Crippen molar-refractivity contribution < 1.29 is 8.42 Å². The van der Waals surface area contributed by atoms with E-state index in [0.29, 0.717) is 19.0 Å². The van der Waals surface area contributed by atoms with Crippen molar-refractivity contribution >= 4 is 10.0 Å². The van der Waals surface area contributed by atoms with Gasteiger partial charge in [0, 0.05) is 12.6 Å². The maximum absolute atomic E-state index is 11.7. The Balaban J connectivity index is 2.20. The van der Waals surface area contributed by atoms with Gasteiger partial charge < -0.3 is 5.32 Å². The first kappa shape index (κ1) is 14.9. The van der Waals surface area contributed by atoms with Crippen molar-refractivity contribution in [2.45, 2.75) is 52.5 Å². The second-order valence-corrected chi connectivity index (χ2v) is 8.03. The van der Waals surface area contributed by atoms with Crippen LogP contribution in [-0.4, -0.2) is 33.3 Å². The quantitative estimate of drug-likeness (QED) is 0.762. The second-order valence-electron chi connectivity index (χ2n) is 6.11. The van der Waals surface area contributed by atoms with Crippen molar-refractivity contribution in [3.05, 3.63) is 0 Å². The van der Waals surface area contributed by atoms with E-state index in [0.717, 1.165) is 13.0 Å². The number of nitrogens with one attached hydrogen (secondary N) is 2. The van der Waals surface area contributed by atoms with Crippen molar-refractivity contribution in [2.75, 3.05) is 18.8 Å². The van der Waals surface area contributed by atoms with E-state index in [1.165, 1.54) is 12.8 Å². The van der Waals surface area contributed by atoms with Crippen LogP contribution in [0.2, 0.25) is 0 Å². The zero-order chi connectivity index (χ0) is 12.9. The first-order valence-electron chi connectivity index (χ1n) is 6.49. The topological polar surface area (TPSA) is 58.2 Å². The van der Waals surface area contributed by atoms with Crippen LogP contribution in [0.15, 0.2) is 0 Å². The summed E-state index contributed by atoms with van der Waals surface area (Å²) in [6.07, 6.45) is 3.98. The molecule has 5 heteroatoms. The SMILES string of the molecule is CC(C)(C)CCS(=O)(=O)NCC[C@H]1CCCN1. The van der Waals surface area contributed by atoms with Gasteiger partial charge in [0.1, 0.15) is 0 Å². The molecular formula is C12H26N2O2S. The van der Waals surface area contributed by atoms with Crippen molar-refractivity contribution in [3.63, 3.8) is 0 Å². The van der Waals surface area contributed by atoms with E-state index in [-0.39, 0.29) is 11.2 Å². The number of rotatable bonds is 6. The molecule has 0 aromatic heterocycles. The fourth-order valence-corrected chi connectivity index (χ4v) is 3.36. The van der Waals surface area contributed by atoms with Gasteiger partial charge in [-0.3, -0.25) is 0 Å². The highest BCUT2D eigenvalue weighted by atomic mass is 32.2. The number of hydrogen-bond donors (Lipinski definition) is 2. The normalized spacial score (nSPS) is 21.9. The predicted octanol–water partition coefficient (Wildman–Crippen LogP) is 1.48. The minimum absolute atomic E-state index is 0.0712. The molecule has 0 radical (unpaired) electrons. The van der Waals surface area contributed by atoms with Gasteiger partial charge >= 0.3 is 0 Å². The van der Waals surface area contributed by atoms with E-state index in [1.54, 1.807) is 0 Å². The van der Waals surface area contributed by atoms with Crippen LogP contribution in [0, 0.1) is 5.41 Å². The second kappa shape index (κ2) is 6.16. The minimum atomic E-state index is -3.08. The molecule has 0 unspecified atom stereocenters. The van der Waals surface area contributed by atoms with Crippen molar-refractivity contribution in [1.29, 1.82) is 0 Å². The monoisotopic (exact) mass is 262 g/mol. The minimum Gasteiger partial charge on any atom is -0.314 e. The Hall–Kier alpha value is -0.130. The molecule has 1 rings (SSSR count). The molecule has 0 amide bonds. The zero-order valence-corrected chi connectivity index (χ0v) is 12.1. The van der Waals surface area contributed by atoms with Crippen molar-refractivity contribution in [1.82, 2.24) is 10.0 Å². The third-order valence-electron chi connectivity index (χ3n) is 3.10. The summed E-state index contributed by atoms with van der Waals surface area (Å²) in [5, 5.41) is 3.36. The summed E-state index contributed by atoms with van der Waals surface area (Å²) in [7, 11) is -3.08. The average Bonchev–Trinajstić information content (AvgIpc) is 2.67. The standard InChI is InChI=1S/C12H26N2O2S/c1-12(2,3)7-10-17(15,16)14-9-6-11-5-4-8-13-11/h11,13-14H,4-10H2,1-3H3/t11-/m1/s1. The Kier molecular flexibility index (Phi) is 5.41. The van der Waals surface area contributed by atoms with Crippen LogP contribution >= 0.6 is 0 Å². The maximum atomic E-state index is 11.7. The zero-order valence-electron chi connectivity index (χ0n) is 11.3. The summed E-state index contributed by atoms with van der Waals surface area (Å²) < 4.78 is 26.1. The predicted molar refractivity (Wildman–Crippen MR) is 71.5 cm³/mol. The van der Waals surface area contributed by atoms with Gasteiger partial charge in [-0.1, -0.05) is 20.8 Å². The molecule has 0 bridgehead atoms. The number of sulfonamides is 1. The maximum Gasteiger partial charge on any atom is 0.211 e. The van der Waals surface area contributed by atoms with Crippen LogP contribution in [0.25, 0.3) is 0 Å². The van der Waals surface area contributed by atoms with Gasteiger partial charge in [0.25, 0.3) is 0 Å². The van der Waals surface area contributed by atoms with E-state index in [9.17, 15) is 8.42 Å². The Bertz CT molecular complexity index is 314. The van der Waals surface area contributed by atoms with Gasteiger partial charge in [-0.15, -0.1) is 0 Å². The molecule has 17 heavy (non-hydrogen) atoms. The lowest BCUT2D eigenvalue weighted by atomic mass is 9.94. The summed E-state index contributed by atoms with van der Waals surface area (Å²) in [5.41, 5.74) is 0.0712. The molecule has 4 nitrogen and oxygen atoms in total. The van der Waals surface area contributed by atoms with Crippen molar-refractivity contribution in [3.8, 4) is 0 Å². The largest absolute Gasteiger partial charge is 0.314 e. The summed E-state index contributed by atoms with van der Waals surface area (Å²) in [6.45, 7) is 7.81. The lowest BCUT2D eigenvalue weighted by Gasteiger charge is -2.18. The summed E-state index contributed by atoms with van der Waals surface area (Å²) in [5.74, 6) is 0.231. The van der Waals surface area contributed by atoms with E-state index in [4.69, 9.17) is 0 Å². The fraction of sp³-hybridized carbons (Fsp3) is 1.00. The molecule has 0 aromatic carbocycles. The van der Waals surface area contributed by atoms with Crippen LogP contribution < -0.4 is 10.0 Å². The van der Waals surface area contributed by atoms with Gasteiger partial charge in [0.05, 0.1) is 5.75 Å². The van der Waals surface area contributed by atoms with Gasteiger partial charge in [-0.05, 0) is 37.6 Å². The number of hydrogen-bond acceptors (Lipinski definition) is 3. The average molecular weight is 262 g/mol. The summed E-state index contributed by atoms with van der Waals surface area (Å²) in [4.78, 5) is 0. The van der Waals surface area contributed by atoms with E-state index in [2.05, 4.69) is 30.8 Å². The molecule has 1 saturated heterocycles. The molecule has 2 N–H and O–H groups in total. The molecule has 102 valence electrons. The van der Waals surface area contributed by atoms with Gasteiger partial charge in [0.2, 0.25) is 10.0 Å². The Morgan fingerprint density at radius 3 is 2.59 bits per heavy atom. The van der Waals surface area contributed by atoms with Gasteiger partial charge in [-0.25, -0.2) is 13.1 Å². The third-order valence-corrected chi connectivity index (χ3v) is 4.48. The Morgan fingerprint density at radius 1 is 1.35 bits per heavy atom. The third kappa shape index (κ3) is 7.01. The van der Waals surface area contributed by atoms with E-state index >= 15 is 0 Å². The van der Waals surface area contributed by atoms with Crippen LogP contribution in [0.5, 0.6) is 0 Å². The van der Waals surface area contributed by atoms with Crippen LogP contribution in [-0.2, 0) is 10.0 Å². The lowest BCUT2D eigenvalue weighted by Crippen LogP contribution is -2.32. The lowest BCUT2D eigenvalue weighted by molar-refractivity contribution is 0.396. The highest BCUT2D eigenvalue weighted by molar-refractivity contribution is 7.89. The first-order chi connectivity index (χ1) is 7.79. The molecule has 0 saturated carbocycles. The summed E-state index contributed by atoms with van der Waals surface area (Å²) in [6, 6.07) is 0.500. The molecule has 1 aliphatic heterocycles. The molecular weight excluding hydrogens is 236 g/mol. The van der Waals surface area contributed by atoms with E-state index < -0.39 is 10.0 Å². The van der Waals surface area contributed by atoms with E-state index in [1.807, 2.05) is 0 Å². The van der Waals surface area contributed by atoms with Gasteiger partial charge in [0.15, 0.2) is 0 Å². The molecule has 0 spiro atoms. The molecule has 1 atom stereocenters. The van der Waals surface area contributed by atoms with Gasteiger partial charge in [-0.2, -0.15) is 0 Å². The molecule has 1 aliphatic rings. The highest BCUT2D eigenvalue weighted by Gasteiger charge is 2.18. The Morgan fingerprint density at radius 2 is 2.06 bits per heavy atom. The van der Waals surface area contributed by atoms with Crippen molar-refractivity contribution in [2.24, 2.45) is 5.41 Å². The fourth-order valence-electron chi connectivity index (χ4n) is 1.90. The van der Waals surface area contributed by atoms with Crippen LogP contribution in [0.4, 0.5) is 0 Å². The molecule has 1 fully saturated rings. The molecule has 0 aromatic rings. The summed E-state index contributed by atoms with van der Waals surface area (Å²) >= 11 is 0. The Labute approximate surface area is 106 Å². The highest BCUT2D eigenvalue weighted by Crippen LogP contribution is 2.18. The smallest absolute Gasteiger partial charge is 0.211 e.